The Morgan fingerprint density at radius 2 is 1.71 bits per heavy atom. The predicted octanol–water partition coefficient (Wildman–Crippen LogP) is 7.89. The molecule has 0 unspecified atom stereocenters. The number of benzene rings is 2. The summed E-state index contributed by atoms with van der Waals surface area (Å²) in [5.74, 6) is 1.57. The summed E-state index contributed by atoms with van der Waals surface area (Å²) in [7, 11) is 0. The van der Waals surface area contributed by atoms with E-state index < -0.39 is 11.7 Å². The summed E-state index contributed by atoms with van der Waals surface area (Å²) in [5.41, 5.74) is 6.64. The van der Waals surface area contributed by atoms with Gasteiger partial charge in [-0.15, -0.1) is 0 Å². The molecule has 0 atom stereocenters. The topological polar surface area (TPSA) is 91.4 Å². The quantitative estimate of drug-likeness (QED) is 0.150. The van der Waals surface area contributed by atoms with E-state index in [1.165, 1.54) is 16.7 Å². The molecular formula is C37H44N6O2. The van der Waals surface area contributed by atoms with Crippen molar-refractivity contribution in [3.05, 3.63) is 108 Å². The fraction of sp³-hybridized carbons (Fsp3) is 0.324. The van der Waals surface area contributed by atoms with Crippen LogP contribution in [-0.2, 0) is 11.3 Å². The number of carbonyl (C=O) groups excluding carboxylic acids is 1. The lowest BCUT2D eigenvalue weighted by molar-refractivity contribution is 0.0527. The lowest BCUT2D eigenvalue weighted by Gasteiger charge is -2.28. The van der Waals surface area contributed by atoms with Gasteiger partial charge >= 0.3 is 6.09 Å². The number of nitrogens with one attached hydrogen (secondary N) is 3. The van der Waals surface area contributed by atoms with E-state index >= 15 is 0 Å². The SMILES string of the molecule is CC(C)(C)OC(=O)NCCCNc1ccc(-c2ccnc(Nc3cccc(C=C4CCN(Cc5ccccc5)CC4)c3)c2)cn1. The van der Waals surface area contributed by atoms with Crippen LogP contribution in [0.5, 0.6) is 0 Å². The maximum Gasteiger partial charge on any atom is 0.407 e. The van der Waals surface area contributed by atoms with Crippen LogP contribution in [0.3, 0.4) is 0 Å². The minimum Gasteiger partial charge on any atom is -0.444 e. The number of nitrogens with zero attached hydrogens (tertiary/aromatic N) is 3. The summed E-state index contributed by atoms with van der Waals surface area (Å²) in [6.45, 7) is 9.97. The van der Waals surface area contributed by atoms with Crippen LogP contribution in [0.25, 0.3) is 17.2 Å². The highest BCUT2D eigenvalue weighted by Gasteiger charge is 2.16. The van der Waals surface area contributed by atoms with Gasteiger partial charge in [0.25, 0.3) is 0 Å². The van der Waals surface area contributed by atoms with Gasteiger partial charge < -0.3 is 20.7 Å². The molecule has 0 spiro atoms. The fourth-order valence-corrected chi connectivity index (χ4v) is 5.23. The average Bonchev–Trinajstić information content (AvgIpc) is 3.02. The van der Waals surface area contributed by atoms with Crippen molar-refractivity contribution in [1.82, 2.24) is 20.2 Å². The third-order valence-electron chi connectivity index (χ3n) is 7.46. The van der Waals surface area contributed by atoms with Gasteiger partial charge in [0, 0.05) is 56.4 Å². The molecule has 5 rings (SSSR count). The predicted molar refractivity (Wildman–Crippen MR) is 183 cm³/mol. The van der Waals surface area contributed by atoms with Crippen LogP contribution in [0, 0.1) is 0 Å². The van der Waals surface area contributed by atoms with Crippen molar-refractivity contribution in [1.29, 1.82) is 0 Å². The molecule has 234 valence electrons. The number of anilines is 3. The number of rotatable bonds is 11. The van der Waals surface area contributed by atoms with Crippen molar-refractivity contribution in [2.24, 2.45) is 0 Å². The monoisotopic (exact) mass is 604 g/mol. The van der Waals surface area contributed by atoms with Crippen molar-refractivity contribution in [2.75, 3.05) is 36.8 Å². The second-order valence-corrected chi connectivity index (χ2v) is 12.4. The highest BCUT2D eigenvalue weighted by molar-refractivity contribution is 5.70. The lowest BCUT2D eigenvalue weighted by atomic mass is 10.00. The number of pyridine rings is 2. The van der Waals surface area contributed by atoms with Crippen LogP contribution in [0.2, 0.25) is 0 Å². The van der Waals surface area contributed by atoms with Crippen LogP contribution >= 0.6 is 0 Å². The van der Waals surface area contributed by atoms with Crippen molar-refractivity contribution in [3.63, 3.8) is 0 Å². The molecule has 3 heterocycles. The molecule has 1 aliphatic heterocycles. The fourth-order valence-electron chi connectivity index (χ4n) is 5.23. The van der Waals surface area contributed by atoms with Crippen molar-refractivity contribution >= 4 is 29.5 Å². The van der Waals surface area contributed by atoms with Crippen molar-refractivity contribution < 1.29 is 9.53 Å². The van der Waals surface area contributed by atoms with Gasteiger partial charge in [0.15, 0.2) is 0 Å². The van der Waals surface area contributed by atoms with Gasteiger partial charge in [-0.3, -0.25) is 4.90 Å². The zero-order chi connectivity index (χ0) is 31.5. The summed E-state index contributed by atoms with van der Waals surface area (Å²) < 4.78 is 5.25. The molecule has 45 heavy (non-hydrogen) atoms. The molecule has 4 aromatic rings. The Hall–Kier alpha value is -4.69. The number of piperidine rings is 1. The van der Waals surface area contributed by atoms with Gasteiger partial charge in [-0.25, -0.2) is 14.8 Å². The van der Waals surface area contributed by atoms with Gasteiger partial charge in [-0.1, -0.05) is 54.1 Å². The van der Waals surface area contributed by atoms with E-state index in [1.807, 2.05) is 57.4 Å². The van der Waals surface area contributed by atoms with Crippen molar-refractivity contribution in [2.45, 2.75) is 52.2 Å². The van der Waals surface area contributed by atoms with Crippen LogP contribution < -0.4 is 16.0 Å². The number of amides is 1. The largest absolute Gasteiger partial charge is 0.444 e. The minimum absolute atomic E-state index is 0.396. The van der Waals surface area contributed by atoms with E-state index in [1.54, 1.807) is 0 Å². The van der Waals surface area contributed by atoms with Gasteiger partial charge in [0.1, 0.15) is 17.2 Å². The lowest BCUT2D eigenvalue weighted by Crippen LogP contribution is -2.33. The molecule has 0 aliphatic carbocycles. The Balaban J connectivity index is 1.10. The van der Waals surface area contributed by atoms with E-state index in [4.69, 9.17) is 4.74 Å². The molecule has 1 aliphatic rings. The van der Waals surface area contributed by atoms with E-state index in [0.717, 1.165) is 67.3 Å². The van der Waals surface area contributed by atoms with Crippen LogP contribution in [0.15, 0.2) is 96.8 Å². The van der Waals surface area contributed by atoms with E-state index in [-0.39, 0.29) is 0 Å². The molecule has 8 nitrogen and oxygen atoms in total. The molecule has 1 fully saturated rings. The van der Waals surface area contributed by atoms with E-state index in [9.17, 15) is 4.79 Å². The minimum atomic E-state index is -0.496. The number of hydrogen-bond donors (Lipinski definition) is 3. The molecule has 2 aromatic heterocycles. The second-order valence-electron chi connectivity index (χ2n) is 12.4. The van der Waals surface area contributed by atoms with Gasteiger partial charge in [0.05, 0.1) is 0 Å². The Bertz CT molecular complexity index is 1550. The zero-order valence-corrected chi connectivity index (χ0v) is 26.6. The van der Waals surface area contributed by atoms with Crippen LogP contribution in [0.4, 0.5) is 22.1 Å². The number of carbonyl (C=O) groups is 1. The smallest absolute Gasteiger partial charge is 0.407 e. The average molecular weight is 605 g/mol. The summed E-state index contributed by atoms with van der Waals surface area (Å²) in [4.78, 5) is 23.4. The normalized spacial score (nSPS) is 13.6. The Morgan fingerprint density at radius 1 is 0.889 bits per heavy atom. The van der Waals surface area contributed by atoms with Crippen LogP contribution in [0.1, 0.15) is 51.2 Å². The number of hydrogen-bond acceptors (Lipinski definition) is 7. The molecular weight excluding hydrogens is 560 g/mol. The molecule has 3 N–H and O–H groups in total. The number of likely N-dealkylation sites (tertiary alicyclic amines) is 1. The second kappa shape index (κ2) is 15.3. The van der Waals surface area contributed by atoms with Gasteiger partial charge in [-0.05, 0) is 93.1 Å². The van der Waals surface area contributed by atoms with Gasteiger partial charge in [0.2, 0.25) is 0 Å². The molecule has 0 radical (unpaired) electrons. The first-order valence-electron chi connectivity index (χ1n) is 15.8. The number of ether oxygens (including phenoxy) is 1. The first kappa shape index (κ1) is 31.7. The van der Waals surface area contributed by atoms with Crippen LogP contribution in [-0.4, -0.2) is 52.7 Å². The summed E-state index contributed by atoms with van der Waals surface area (Å²) in [6, 6.07) is 27.3. The van der Waals surface area contributed by atoms with Gasteiger partial charge in [-0.2, -0.15) is 0 Å². The Labute approximate surface area is 267 Å². The third-order valence-corrected chi connectivity index (χ3v) is 7.46. The summed E-state index contributed by atoms with van der Waals surface area (Å²) in [5, 5.41) is 9.55. The highest BCUT2D eigenvalue weighted by atomic mass is 16.6. The van der Waals surface area contributed by atoms with E-state index in [2.05, 4.69) is 91.5 Å². The molecule has 0 bridgehead atoms. The summed E-state index contributed by atoms with van der Waals surface area (Å²) in [6.07, 6.45) is 8.58. The molecule has 8 heteroatoms. The highest BCUT2D eigenvalue weighted by Crippen LogP contribution is 2.26. The standard InChI is InChI=1S/C37H44N6O2/c1-37(2,3)45-36(44)40-19-8-18-38-34-14-13-32(26-41-34)31-15-20-39-35(25-31)42-33-12-7-11-30(24-33)23-28-16-21-43(22-17-28)27-29-9-5-4-6-10-29/h4-7,9-15,20,23-26H,8,16-19,21-22,27H2,1-3H3,(H,38,41)(H,39,42)(H,40,44). The zero-order valence-electron chi connectivity index (χ0n) is 26.6. The Morgan fingerprint density at radius 3 is 2.47 bits per heavy atom. The maximum absolute atomic E-state index is 11.8. The first-order valence-corrected chi connectivity index (χ1v) is 15.8. The third kappa shape index (κ3) is 10.5. The molecule has 1 amide bonds. The number of aromatic nitrogens is 2. The maximum atomic E-state index is 11.8. The first-order chi connectivity index (χ1) is 21.8. The van der Waals surface area contributed by atoms with E-state index in [0.29, 0.717) is 13.1 Å². The Kier molecular flexibility index (Phi) is 10.8. The van der Waals surface area contributed by atoms with Crippen molar-refractivity contribution in [3.8, 4) is 11.1 Å². The molecule has 1 saturated heterocycles. The number of alkyl carbamates (subject to hydrolysis) is 1. The molecule has 2 aromatic carbocycles. The molecule has 0 saturated carbocycles. The summed E-state index contributed by atoms with van der Waals surface area (Å²) >= 11 is 0.